The largest absolute Gasteiger partial charge is 0.481 e. The number of carboxylic acids is 1. The predicted molar refractivity (Wildman–Crippen MR) is 69.8 cm³/mol. The molecule has 6 heteroatoms. The molecule has 20 heavy (non-hydrogen) atoms. The second kappa shape index (κ2) is 4.75. The average molecular weight is 280 g/mol. The Hall–Kier alpha value is -1.59. The molecule has 2 amide bonds. The summed E-state index contributed by atoms with van der Waals surface area (Å²) in [6, 6.07) is 0.344. The van der Waals surface area contributed by atoms with Crippen molar-refractivity contribution in [3.05, 3.63) is 0 Å². The molecule has 0 aromatic heterocycles. The molecule has 1 heterocycles. The minimum absolute atomic E-state index is 0.0221. The number of likely N-dealkylation sites (tertiary alicyclic amines) is 1. The molecule has 1 atom stereocenters. The third-order valence-electron chi connectivity index (χ3n) is 4.71. The lowest BCUT2D eigenvalue weighted by Crippen LogP contribution is -2.56. The molecule has 2 saturated carbocycles. The summed E-state index contributed by atoms with van der Waals surface area (Å²) in [5, 5.41) is 11.8. The van der Waals surface area contributed by atoms with Gasteiger partial charge in [-0.05, 0) is 32.1 Å². The fourth-order valence-corrected chi connectivity index (χ4v) is 3.25. The monoisotopic (exact) mass is 280 g/mol. The second-order valence-corrected chi connectivity index (χ2v) is 6.37. The van der Waals surface area contributed by atoms with E-state index in [1.807, 2.05) is 4.90 Å². The van der Waals surface area contributed by atoms with Crippen LogP contribution in [0.1, 0.15) is 44.9 Å². The minimum atomic E-state index is -0.882. The van der Waals surface area contributed by atoms with Crippen molar-refractivity contribution in [1.82, 2.24) is 10.2 Å². The van der Waals surface area contributed by atoms with E-state index in [4.69, 9.17) is 5.11 Å². The molecule has 0 aromatic rings. The summed E-state index contributed by atoms with van der Waals surface area (Å²) in [7, 11) is 0. The smallest absolute Gasteiger partial charge is 0.305 e. The summed E-state index contributed by atoms with van der Waals surface area (Å²) in [6.45, 7) is 0.498. The van der Waals surface area contributed by atoms with Crippen LogP contribution in [-0.2, 0) is 14.4 Å². The van der Waals surface area contributed by atoms with Crippen LogP contribution in [-0.4, -0.2) is 45.9 Å². The first-order valence-corrected chi connectivity index (χ1v) is 7.32. The Morgan fingerprint density at radius 2 is 2.05 bits per heavy atom. The van der Waals surface area contributed by atoms with Crippen LogP contribution in [0, 0.1) is 5.92 Å². The number of nitrogens with one attached hydrogen (secondary N) is 1. The molecule has 0 aromatic carbocycles. The quantitative estimate of drug-likeness (QED) is 0.768. The Kier molecular flexibility index (Phi) is 3.18. The van der Waals surface area contributed by atoms with E-state index < -0.39 is 11.5 Å². The normalized spacial score (nSPS) is 28.1. The number of hydrogen-bond acceptors (Lipinski definition) is 3. The van der Waals surface area contributed by atoms with Crippen molar-refractivity contribution in [2.24, 2.45) is 5.92 Å². The molecular formula is C14H20N2O4. The summed E-state index contributed by atoms with van der Waals surface area (Å²) >= 11 is 0. The van der Waals surface area contributed by atoms with Crippen molar-refractivity contribution >= 4 is 17.8 Å². The molecule has 0 bridgehead atoms. The fraction of sp³-hybridized carbons (Fsp3) is 0.786. The van der Waals surface area contributed by atoms with Crippen LogP contribution < -0.4 is 5.32 Å². The Balaban J connectivity index is 1.59. The number of carbonyl (C=O) groups excluding carboxylic acids is 2. The van der Waals surface area contributed by atoms with Gasteiger partial charge in [0, 0.05) is 19.0 Å². The van der Waals surface area contributed by atoms with E-state index in [1.54, 1.807) is 0 Å². The Morgan fingerprint density at radius 1 is 1.35 bits per heavy atom. The fourth-order valence-electron chi connectivity index (χ4n) is 3.25. The summed E-state index contributed by atoms with van der Waals surface area (Å²) in [6.07, 6.45) is 4.73. The number of nitrogens with zero attached hydrogens (tertiary/aromatic N) is 1. The van der Waals surface area contributed by atoms with Crippen LogP contribution in [0.5, 0.6) is 0 Å². The van der Waals surface area contributed by atoms with Crippen LogP contribution in [0.2, 0.25) is 0 Å². The van der Waals surface area contributed by atoms with Gasteiger partial charge in [0.2, 0.25) is 11.8 Å². The standard InChI is InChI=1S/C14H20N2O4/c17-11-6-9(8-16(11)10-2-3-10)13(20)15-14(4-1-5-14)7-12(18)19/h9-10H,1-8H2,(H,15,20)(H,18,19). The molecule has 0 spiro atoms. The number of carboxylic acid groups (broad SMARTS) is 1. The number of hydrogen-bond donors (Lipinski definition) is 2. The Morgan fingerprint density at radius 3 is 2.55 bits per heavy atom. The lowest BCUT2D eigenvalue weighted by molar-refractivity contribution is -0.141. The van der Waals surface area contributed by atoms with Crippen molar-refractivity contribution < 1.29 is 19.5 Å². The first-order chi connectivity index (χ1) is 9.49. The molecule has 1 aliphatic heterocycles. The van der Waals surface area contributed by atoms with Crippen molar-refractivity contribution in [2.45, 2.75) is 56.5 Å². The predicted octanol–water partition coefficient (Wildman–Crippen LogP) is 0.511. The summed E-state index contributed by atoms with van der Waals surface area (Å²) in [5.74, 6) is -1.28. The molecule has 6 nitrogen and oxygen atoms in total. The van der Waals surface area contributed by atoms with Crippen LogP contribution >= 0.6 is 0 Å². The van der Waals surface area contributed by atoms with Gasteiger partial charge in [0.1, 0.15) is 0 Å². The molecule has 2 aliphatic carbocycles. The maximum absolute atomic E-state index is 12.3. The van der Waals surface area contributed by atoms with Gasteiger partial charge in [-0.2, -0.15) is 0 Å². The lowest BCUT2D eigenvalue weighted by Gasteiger charge is -2.42. The van der Waals surface area contributed by atoms with Crippen LogP contribution in [0.4, 0.5) is 0 Å². The number of rotatable bonds is 5. The van der Waals surface area contributed by atoms with Gasteiger partial charge in [0.15, 0.2) is 0 Å². The minimum Gasteiger partial charge on any atom is -0.481 e. The maximum atomic E-state index is 12.3. The number of amides is 2. The van der Waals surface area contributed by atoms with E-state index >= 15 is 0 Å². The third-order valence-corrected chi connectivity index (χ3v) is 4.71. The topological polar surface area (TPSA) is 86.7 Å². The molecule has 3 aliphatic rings. The molecule has 3 rings (SSSR count). The molecule has 1 unspecified atom stereocenters. The van der Waals surface area contributed by atoms with Crippen molar-refractivity contribution in [3.63, 3.8) is 0 Å². The summed E-state index contributed by atoms with van der Waals surface area (Å²) in [5.41, 5.74) is -0.570. The molecule has 2 N–H and O–H groups in total. The zero-order valence-electron chi connectivity index (χ0n) is 11.4. The Labute approximate surface area is 117 Å². The highest BCUT2D eigenvalue weighted by atomic mass is 16.4. The number of aliphatic carboxylic acids is 1. The highest BCUT2D eigenvalue weighted by Gasteiger charge is 2.45. The van der Waals surface area contributed by atoms with Crippen molar-refractivity contribution in [2.75, 3.05) is 6.54 Å². The SMILES string of the molecule is O=C(O)CC1(NC(=O)C2CC(=O)N(C3CC3)C2)CCC1. The molecule has 0 radical (unpaired) electrons. The highest BCUT2D eigenvalue weighted by molar-refractivity contribution is 5.90. The average Bonchev–Trinajstić information content (AvgIpc) is 3.09. The second-order valence-electron chi connectivity index (χ2n) is 6.37. The Bertz CT molecular complexity index is 454. The molecule has 110 valence electrons. The van der Waals surface area contributed by atoms with Gasteiger partial charge in [0.05, 0.1) is 17.9 Å². The van der Waals surface area contributed by atoms with Crippen LogP contribution in [0.3, 0.4) is 0 Å². The maximum Gasteiger partial charge on any atom is 0.305 e. The highest BCUT2D eigenvalue weighted by Crippen LogP contribution is 2.37. The van der Waals surface area contributed by atoms with E-state index in [-0.39, 0.29) is 30.6 Å². The zero-order chi connectivity index (χ0) is 14.3. The van der Waals surface area contributed by atoms with Gasteiger partial charge in [-0.15, -0.1) is 0 Å². The molecule has 1 saturated heterocycles. The van der Waals surface area contributed by atoms with E-state index in [0.29, 0.717) is 12.6 Å². The van der Waals surface area contributed by atoms with Gasteiger partial charge in [-0.1, -0.05) is 0 Å². The summed E-state index contributed by atoms with van der Waals surface area (Å²) in [4.78, 5) is 36.8. The third kappa shape index (κ3) is 2.51. The van der Waals surface area contributed by atoms with Crippen LogP contribution in [0.15, 0.2) is 0 Å². The van der Waals surface area contributed by atoms with E-state index in [9.17, 15) is 14.4 Å². The van der Waals surface area contributed by atoms with E-state index in [0.717, 1.165) is 32.1 Å². The first-order valence-electron chi connectivity index (χ1n) is 7.32. The van der Waals surface area contributed by atoms with Gasteiger partial charge in [-0.25, -0.2) is 0 Å². The number of carbonyl (C=O) groups is 3. The lowest BCUT2D eigenvalue weighted by atomic mass is 9.74. The van der Waals surface area contributed by atoms with Crippen molar-refractivity contribution in [3.8, 4) is 0 Å². The van der Waals surface area contributed by atoms with Crippen LogP contribution in [0.25, 0.3) is 0 Å². The van der Waals surface area contributed by atoms with Crippen molar-refractivity contribution in [1.29, 1.82) is 0 Å². The summed E-state index contributed by atoms with van der Waals surface area (Å²) < 4.78 is 0. The van der Waals surface area contributed by atoms with Gasteiger partial charge >= 0.3 is 5.97 Å². The van der Waals surface area contributed by atoms with Gasteiger partial charge in [-0.3, -0.25) is 14.4 Å². The zero-order valence-corrected chi connectivity index (χ0v) is 11.4. The molecular weight excluding hydrogens is 260 g/mol. The molecule has 3 fully saturated rings. The van der Waals surface area contributed by atoms with E-state index in [2.05, 4.69) is 5.32 Å². The van der Waals surface area contributed by atoms with Gasteiger partial charge < -0.3 is 15.3 Å². The van der Waals surface area contributed by atoms with E-state index in [1.165, 1.54) is 0 Å². The first kappa shape index (κ1) is 13.4. The van der Waals surface area contributed by atoms with Gasteiger partial charge in [0.25, 0.3) is 0 Å².